The molecule has 144 valence electrons. The summed E-state index contributed by atoms with van der Waals surface area (Å²) in [6.07, 6.45) is 7.00. The van der Waals surface area contributed by atoms with E-state index in [1.165, 1.54) is 19.3 Å². The van der Waals surface area contributed by atoms with E-state index in [4.69, 9.17) is 0 Å². The Bertz CT molecular complexity index is 757. The van der Waals surface area contributed by atoms with Gasteiger partial charge in [0.25, 0.3) is 0 Å². The number of aryl methyl sites for hydroxylation is 2. The van der Waals surface area contributed by atoms with Gasteiger partial charge in [0.1, 0.15) is 5.82 Å². The quantitative estimate of drug-likeness (QED) is 0.782. The molecule has 0 saturated carbocycles. The van der Waals surface area contributed by atoms with Crippen LogP contribution in [0.1, 0.15) is 36.9 Å². The van der Waals surface area contributed by atoms with Crippen molar-refractivity contribution in [1.29, 1.82) is 0 Å². The van der Waals surface area contributed by atoms with Crippen molar-refractivity contribution in [2.75, 3.05) is 30.3 Å². The van der Waals surface area contributed by atoms with E-state index in [0.29, 0.717) is 17.7 Å². The average Bonchev–Trinajstić information content (AvgIpc) is 2.67. The van der Waals surface area contributed by atoms with E-state index in [-0.39, 0.29) is 11.5 Å². The zero-order valence-corrected chi connectivity index (χ0v) is 15.8. The van der Waals surface area contributed by atoms with Gasteiger partial charge in [0, 0.05) is 5.69 Å². The van der Waals surface area contributed by atoms with Crippen LogP contribution in [0.2, 0.25) is 0 Å². The lowest BCUT2D eigenvalue weighted by atomic mass is 10.1. The van der Waals surface area contributed by atoms with Crippen LogP contribution in [0.25, 0.3) is 0 Å². The summed E-state index contributed by atoms with van der Waals surface area (Å²) in [5.41, 5.74) is 2.27. The molecule has 1 aliphatic heterocycles. The third kappa shape index (κ3) is 5.76. The van der Waals surface area contributed by atoms with Crippen LogP contribution in [0.4, 0.5) is 20.6 Å². The molecule has 3 rings (SSSR count). The van der Waals surface area contributed by atoms with Gasteiger partial charge in [-0.15, -0.1) is 0 Å². The molecule has 0 aliphatic carbocycles. The molecular formula is C21H27FN4O. The summed E-state index contributed by atoms with van der Waals surface area (Å²) >= 11 is 0. The molecule has 0 unspecified atom stereocenters. The molecule has 6 heteroatoms. The summed E-state index contributed by atoms with van der Waals surface area (Å²) in [4.78, 5) is 18.7. The molecule has 1 aliphatic rings. The largest absolute Gasteiger partial charge is 0.323 e. The lowest BCUT2D eigenvalue weighted by molar-refractivity contribution is 0.226. The molecule has 1 saturated heterocycles. The number of hydrogen-bond acceptors (Lipinski definition) is 3. The van der Waals surface area contributed by atoms with Crippen LogP contribution in [-0.2, 0) is 6.42 Å². The molecule has 2 heterocycles. The Morgan fingerprint density at radius 3 is 2.70 bits per heavy atom. The number of nitrogens with zero attached hydrogens (tertiary/aromatic N) is 2. The summed E-state index contributed by atoms with van der Waals surface area (Å²) < 4.78 is 14.7. The molecule has 2 N–H and O–H groups in total. The number of rotatable bonds is 6. The van der Waals surface area contributed by atoms with Crippen LogP contribution in [0.3, 0.4) is 0 Å². The van der Waals surface area contributed by atoms with Gasteiger partial charge in [-0.2, -0.15) is 0 Å². The third-order valence-corrected chi connectivity index (χ3v) is 4.87. The second-order valence-electron chi connectivity index (χ2n) is 7.05. The van der Waals surface area contributed by atoms with Gasteiger partial charge in [-0.25, -0.2) is 9.18 Å². The summed E-state index contributed by atoms with van der Waals surface area (Å²) in [6.45, 7) is 5.17. The Balaban J connectivity index is 1.53. The fourth-order valence-electron chi connectivity index (χ4n) is 3.37. The molecule has 1 aromatic carbocycles. The smallest absolute Gasteiger partial charge is 0.306 e. The topological polar surface area (TPSA) is 57.3 Å². The third-order valence-electron chi connectivity index (χ3n) is 4.87. The minimum absolute atomic E-state index is 0.197. The first-order valence-electron chi connectivity index (χ1n) is 9.62. The van der Waals surface area contributed by atoms with Crippen molar-refractivity contribution in [2.45, 2.75) is 39.0 Å². The SMILES string of the molecule is Cc1ccc(NC(=O)Nc2cccc(CCCN3CCCCC3)c2F)cn1. The number of amides is 2. The molecule has 0 spiro atoms. The van der Waals surface area contributed by atoms with Gasteiger partial charge in [-0.1, -0.05) is 18.6 Å². The molecule has 0 atom stereocenters. The Morgan fingerprint density at radius 1 is 1.15 bits per heavy atom. The minimum atomic E-state index is -0.481. The second kappa shape index (κ2) is 9.46. The number of halogens is 1. The maximum Gasteiger partial charge on any atom is 0.323 e. The van der Waals surface area contributed by atoms with Crippen molar-refractivity contribution in [3.63, 3.8) is 0 Å². The van der Waals surface area contributed by atoms with Gasteiger partial charge in [-0.05, 0) is 76.0 Å². The number of hydrogen-bond donors (Lipinski definition) is 2. The number of anilines is 2. The zero-order valence-electron chi connectivity index (χ0n) is 15.8. The van der Waals surface area contributed by atoms with Gasteiger partial charge in [0.2, 0.25) is 0 Å². The maximum atomic E-state index is 14.7. The number of nitrogens with one attached hydrogen (secondary N) is 2. The lowest BCUT2D eigenvalue weighted by Gasteiger charge is -2.26. The van der Waals surface area contributed by atoms with E-state index < -0.39 is 6.03 Å². The van der Waals surface area contributed by atoms with Crippen LogP contribution in [0.5, 0.6) is 0 Å². The van der Waals surface area contributed by atoms with Crippen molar-refractivity contribution in [3.05, 3.63) is 53.6 Å². The van der Waals surface area contributed by atoms with Crippen LogP contribution < -0.4 is 10.6 Å². The van der Waals surface area contributed by atoms with Crippen LogP contribution in [0, 0.1) is 12.7 Å². The van der Waals surface area contributed by atoms with Gasteiger partial charge in [0.15, 0.2) is 0 Å². The Kier molecular flexibility index (Phi) is 6.76. The van der Waals surface area contributed by atoms with Gasteiger partial charge < -0.3 is 15.5 Å². The summed E-state index contributed by atoms with van der Waals surface area (Å²) in [5.74, 6) is -0.353. The van der Waals surface area contributed by atoms with Crippen molar-refractivity contribution < 1.29 is 9.18 Å². The van der Waals surface area contributed by atoms with Gasteiger partial charge in [-0.3, -0.25) is 4.98 Å². The fourth-order valence-corrected chi connectivity index (χ4v) is 3.37. The first-order valence-corrected chi connectivity index (χ1v) is 9.62. The molecule has 5 nitrogen and oxygen atoms in total. The van der Waals surface area contributed by atoms with Gasteiger partial charge >= 0.3 is 6.03 Å². The van der Waals surface area contributed by atoms with Crippen molar-refractivity contribution in [3.8, 4) is 0 Å². The summed E-state index contributed by atoms with van der Waals surface area (Å²) in [6, 6.07) is 8.23. The monoisotopic (exact) mass is 370 g/mol. The lowest BCUT2D eigenvalue weighted by Crippen LogP contribution is -2.30. The molecule has 1 fully saturated rings. The normalized spacial score (nSPS) is 14.7. The van der Waals surface area contributed by atoms with Crippen LogP contribution >= 0.6 is 0 Å². The highest BCUT2D eigenvalue weighted by atomic mass is 19.1. The highest BCUT2D eigenvalue weighted by Gasteiger charge is 2.13. The van der Waals surface area contributed by atoms with E-state index in [2.05, 4.69) is 20.5 Å². The molecule has 1 aromatic heterocycles. The first-order chi connectivity index (χ1) is 13.1. The van der Waals surface area contributed by atoms with Crippen molar-refractivity contribution in [2.24, 2.45) is 0 Å². The number of urea groups is 1. The Hall–Kier alpha value is -2.47. The van der Waals surface area contributed by atoms with E-state index in [1.807, 2.05) is 6.92 Å². The molecular weight excluding hydrogens is 343 g/mol. The number of carbonyl (C=O) groups excluding carboxylic acids is 1. The maximum absolute atomic E-state index is 14.7. The predicted molar refractivity (Wildman–Crippen MR) is 107 cm³/mol. The standard InChI is InChI=1S/C21H27FN4O/c1-16-10-11-18(15-23-16)24-21(27)25-19-9-5-7-17(20(19)22)8-6-14-26-12-3-2-4-13-26/h5,7,9-11,15H,2-4,6,8,12-14H2,1H3,(H2,24,25,27). The molecule has 0 bridgehead atoms. The average molecular weight is 370 g/mol. The highest BCUT2D eigenvalue weighted by Crippen LogP contribution is 2.20. The van der Waals surface area contributed by atoms with E-state index in [1.54, 1.807) is 36.5 Å². The van der Waals surface area contributed by atoms with Crippen molar-refractivity contribution in [1.82, 2.24) is 9.88 Å². The Labute approximate surface area is 160 Å². The van der Waals surface area contributed by atoms with Crippen molar-refractivity contribution >= 4 is 17.4 Å². The minimum Gasteiger partial charge on any atom is -0.306 e. The Morgan fingerprint density at radius 2 is 1.96 bits per heavy atom. The number of aromatic nitrogens is 1. The first kappa shape index (κ1) is 19.3. The highest BCUT2D eigenvalue weighted by molar-refractivity contribution is 5.99. The molecule has 2 aromatic rings. The fraction of sp³-hybridized carbons (Fsp3) is 0.429. The van der Waals surface area contributed by atoms with E-state index in [0.717, 1.165) is 31.7 Å². The number of carbonyl (C=O) groups is 1. The van der Waals surface area contributed by atoms with Crippen LogP contribution in [-0.4, -0.2) is 35.5 Å². The molecule has 27 heavy (non-hydrogen) atoms. The van der Waals surface area contributed by atoms with E-state index in [9.17, 15) is 9.18 Å². The van der Waals surface area contributed by atoms with E-state index >= 15 is 0 Å². The molecule has 0 radical (unpaired) electrons. The number of pyridine rings is 1. The summed E-state index contributed by atoms with van der Waals surface area (Å²) in [5, 5.41) is 5.25. The number of piperidine rings is 1. The predicted octanol–water partition coefficient (Wildman–Crippen LogP) is 4.59. The zero-order chi connectivity index (χ0) is 19.1. The second-order valence-corrected chi connectivity index (χ2v) is 7.05. The summed E-state index contributed by atoms with van der Waals surface area (Å²) in [7, 11) is 0. The van der Waals surface area contributed by atoms with Crippen LogP contribution in [0.15, 0.2) is 36.5 Å². The van der Waals surface area contributed by atoms with Gasteiger partial charge in [0.05, 0.1) is 17.6 Å². The molecule has 2 amide bonds. The number of benzene rings is 1. The number of likely N-dealkylation sites (tertiary alicyclic amines) is 1.